The molecule has 0 N–H and O–H groups in total. The van der Waals surface area contributed by atoms with Crippen LogP contribution in [0.25, 0.3) is 28.8 Å². The van der Waals surface area contributed by atoms with Gasteiger partial charge in [-0.3, -0.25) is 9.36 Å². The highest BCUT2D eigenvalue weighted by molar-refractivity contribution is 5.81. The molecule has 0 fully saturated rings. The van der Waals surface area contributed by atoms with Gasteiger partial charge in [0.1, 0.15) is 29.6 Å². The molecule has 7 nitrogen and oxygen atoms in total. The van der Waals surface area contributed by atoms with Crippen LogP contribution in [0.2, 0.25) is 0 Å². The summed E-state index contributed by atoms with van der Waals surface area (Å²) >= 11 is 0. The van der Waals surface area contributed by atoms with E-state index in [1.807, 2.05) is 24.3 Å². The molecule has 0 spiro atoms. The molecule has 1 aliphatic rings. The summed E-state index contributed by atoms with van der Waals surface area (Å²) in [5, 5.41) is 0.513. The minimum atomic E-state index is -0.564. The van der Waals surface area contributed by atoms with Crippen LogP contribution >= 0.6 is 0 Å². The van der Waals surface area contributed by atoms with Crippen molar-refractivity contribution in [2.45, 2.75) is 12.2 Å². The first-order valence-electron chi connectivity index (χ1n) is 9.43. The molecule has 0 saturated carbocycles. The zero-order chi connectivity index (χ0) is 21.1. The lowest BCUT2D eigenvalue weighted by atomic mass is 10.0. The van der Waals surface area contributed by atoms with E-state index in [4.69, 9.17) is 23.6 Å². The molecular weight excluding hydrogens is 384 g/mol. The van der Waals surface area contributed by atoms with Gasteiger partial charge in [-0.2, -0.15) is 0 Å². The first-order chi connectivity index (χ1) is 14.7. The third kappa shape index (κ3) is 3.49. The van der Waals surface area contributed by atoms with Crippen molar-refractivity contribution in [2.24, 2.45) is 0 Å². The Morgan fingerprint density at radius 1 is 1.00 bits per heavy atom. The second-order valence-corrected chi connectivity index (χ2v) is 6.65. The average Bonchev–Trinajstić information content (AvgIpc) is 3.30. The number of allylic oxidation sites excluding steroid dienone is 2. The molecule has 0 amide bonds. The fraction of sp³-hybridized carbons (Fsp3) is 0.217. The number of aromatic nitrogens is 2. The van der Waals surface area contributed by atoms with Gasteiger partial charge in [0.25, 0.3) is 5.56 Å². The van der Waals surface area contributed by atoms with Crippen molar-refractivity contribution >= 4 is 28.8 Å². The SMILES string of the molecule is COC1=CC=C(n2c(/C=C/c3ccco3)nc3ccccc3c2=O)C(OC)C1OC. The zero-order valence-electron chi connectivity index (χ0n) is 16.9. The van der Waals surface area contributed by atoms with Gasteiger partial charge in [0.05, 0.1) is 30.0 Å². The van der Waals surface area contributed by atoms with Crippen molar-refractivity contribution in [3.8, 4) is 0 Å². The molecule has 2 heterocycles. The molecule has 2 unspecified atom stereocenters. The Kier molecular flexibility index (Phi) is 5.65. The first-order valence-corrected chi connectivity index (χ1v) is 9.43. The van der Waals surface area contributed by atoms with E-state index < -0.39 is 12.2 Å². The molecule has 1 aromatic carbocycles. The van der Waals surface area contributed by atoms with Crippen LogP contribution in [0.3, 0.4) is 0 Å². The van der Waals surface area contributed by atoms with Crippen LogP contribution in [0.5, 0.6) is 0 Å². The van der Waals surface area contributed by atoms with Gasteiger partial charge >= 0.3 is 0 Å². The topological polar surface area (TPSA) is 75.7 Å². The van der Waals surface area contributed by atoms with Gasteiger partial charge in [-0.05, 0) is 48.6 Å². The third-order valence-electron chi connectivity index (χ3n) is 5.01. The number of benzene rings is 1. The van der Waals surface area contributed by atoms with E-state index in [2.05, 4.69) is 0 Å². The number of ether oxygens (including phenoxy) is 3. The monoisotopic (exact) mass is 406 g/mol. The molecule has 4 rings (SSSR count). The Balaban J connectivity index is 1.95. The Morgan fingerprint density at radius 3 is 2.50 bits per heavy atom. The minimum absolute atomic E-state index is 0.197. The summed E-state index contributed by atoms with van der Waals surface area (Å²) in [6, 6.07) is 10.9. The Labute approximate surface area is 173 Å². The minimum Gasteiger partial charge on any atom is -0.498 e. The van der Waals surface area contributed by atoms with E-state index in [1.165, 1.54) is 0 Å². The lowest BCUT2D eigenvalue weighted by Crippen LogP contribution is -2.40. The number of hydrogen-bond donors (Lipinski definition) is 0. The number of para-hydroxylation sites is 1. The van der Waals surface area contributed by atoms with Crippen molar-refractivity contribution in [1.82, 2.24) is 9.55 Å². The van der Waals surface area contributed by atoms with Crippen molar-refractivity contribution in [2.75, 3.05) is 21.3 Å². The van der Waals surface area contributed by atoms with Gasteiger partial charge < -0.3 is 18.6 Å². The molecule has 154 valence electrons. The van der Waals surface area contributed by atoms with Gasteiger partial charge in [-0.15, -0.1) is 0 Å². The quantitative estimate of drug-likeness (QED) is 0.623. The van der Waals surface area contributed by atoms with Gasteiger partial charge in [-0.25, -0.2) is 4.98 Å². The van der Waals surface area contributed by atoms with Crippen molar-refractivity contribution in [3.63, 3.8) is 0 Å². The summed E-state index contributed by atoms with van der Waals surface area (Å²) in [4.78, 5) is 18.2. The van der Waals surface area contributed by atoms with Crippen LogP contribution in [0.1, 0.15) is 11.6 Å². The number of hydrogen-bond acceptors (Lipinski definition) is 6. The van der Waals surface area contributed by atoms with Crippen molar-refractivity contribution < 1.29 is 18.6 Å². The van der Waals surface area contributed by atoms with E-state index in [-0.39, 0.29) is 5.56 Å². The van der Waals surface area contributed by atoms with E-state index in [0.29, 0.717) is 33.9 Å². The number of fused-ring (bicyclic) bond motifs is 1. The normalized spacial score (nSPS) is 19.2. The fourth-order valence-electron chi connectivity index (χ4n) is 3.59. The first kappa shape index (κ1) is 19.9. The highest BCUT2D eigenvalue weighted by Crippen LogP contribution is 2.29. The smallest absolute Gasteiger partial charge is 0.266 e. The summed E-state index contributed by atoms with van der Waals surface area (Å²) < 4.78 is 23.7. The number of rotatable bonds is 6. The number of furan rings is 1. The van der Waals surface area contributed by atoms with Gasteiger partial charge in [0, 0.05) is 14.2 Å². The van der Waals surface area contributed by atoms with Crippen LogP contribution in [-0.2, 0) is 14.2 Å². The molecule has 7 heteroatoms. The lowest BCUT2D eigenvalue weighted by molar-refractivity contribution is -0.0159. The molecule has 0 radical (unpaired) electrons. The maximum absolute atomic E-state index is 13.5. The van der Waals surface area contributed by atoms with E-state index in [0.717, 1.165) is 0 Å². The maximum atomic E-state index is 13.5. The molecule has 30 heavy (non-hydrogen) atoms. The standard InChI is InChI=1S/C23H22N2O5/c1-27-19-12-11-18(21(28-2)22(19)29-3)25-20(13-10-15-7-6-14-30-15)24-17-9-5-4-8-16(17)23(25)26/h4-14,21-22H,1-3H3/b13-10+. The Bertz CT molecular complexity index is 1190. The molecule has 0 saturated heterocycles. The van der Waals surface area contributed by atoms with Crippen molar-refractivity contribution in [1.29, 1.82) is 0 Å². The van der Waals surface area contributed by atoms with E-state index in [9.17, 15) is 4.79 Å². The summed E-state index contributed by atoms with van der Waals surface area (Å²) in [5.74, 6) is 1.72. The van der Waals surface area contributed by atoms with Crippen LogP contribution in [0.15, 0.2) is 69.8 Å². The third-order valence-corrected chi connectivity index (χ3v) is 5.01. The van der Waals surface area contributed by atoms with E-state index >= 15 is 0 Å². The van der Waals surface area contributed by atoms with Crippen LogP contribution < -0.4 is 5.56 Å². The van der Waals surface area contributed by atoms with Gasteiger partial charge in [-0.1, -0.05) is 12.1 Å². The second-order valence-electron chi connectivity index (χ2n) is 6.65. The predicted octanol–water partition coefficient (Wildman–Crippen LogP) is 3.57. The molecular formula is C23H22N2O5. The van der Waals surface area contributed by atoms with Gasteiger partial charge in [0.15, 0.2) is 0 Å². The molecule has 1 aliphatic carbocycles. The highest BCUT2D eigenvalue weighted by Gasteiger charge is 2.34. The van der Waals surface area contributed by atoms with E-state index in [1.54, 1.807) is 68.6 Å². The Hall–Kier alpha value is -3.42. The summed E-state index contributed by atoms with van der Waals surface area (Å²) in [5.41, 5.74) is 1.02. The molecule has 3 aromatic rings. The van der Waals surface area contributed by atoms with Crippen LogP contribution in [0, 0.1) is 0 Å². The van der Waals surface area contributed by atoms with Crippen molar-refractivity contribution in [3.05, 3.63) is 82.5 Å². The predicted molar refractivity (Wildman–Crippen MR) is 115 cm³/mol. The fourth-order valence-corrected chi connectivity index (χ4v) is 3.59. The average molecular weight is 406 g/mol. The van der Waals surface area contributed by atoms with Crippen LogP contribution in [0.4, 0.5) is 0 Å². The molecule has 0 bridgehead atoms. The largest absolute Gasteiger partial charge is 0.498 e. The number of methoxy groups -OCH3 is 3. The molecule has 2 aromatic heterocycles. The molecule has 2 atom stereocenters. The lowest BCUT2D eigenvalue weighted by Gasteiger charge is -2.31. The molecule has 0 aliphatic heterocycles. The summed E-state index contributed by atoms with van der Waals surface area (Å²) in [6.07, 6.45) is 7.61. The summed E-state index contributed by atoms with van der Waals surface area (Å²) in [6.45, 7) is 0. The Morgan fingerprint density at radius 2 is 1.80 bits per heavy atom. The zero-order valence-corrected chi connectivity index (χ0v) is 16.9. The van der Waals surface area contributed by atoms with Crippen LogP contribution in [-0.4, -0.2) is 43.1 Å². The maximum Gasteiger partial charge on any atom is 0.266 e. The van der Waals surface area contributed by atoms with Gasteiger partial charge in [0.2, 0.25) is 0 Å². The summed E-state index contributed by atoms with van der Waals surface area (Å²) in [7, 11) is 4.72. The second kappa shape index (κ2) is 8.52. The number of nitrogens with zero attached hydrogens (tertiary/aromatic N) is 2. The highest BCUT2D eigenvalue weighted by atomic mass is 16.6.